The molecular formula is C20H27N3O. The Morgan fingerprint density at radius 1 is 1.12 bits per heavy atom. The fraction of sp³-hybridized carbons (Fsp3) is 0.450. The Morgan fingerprint density at radius 2 is 1.88 bits per heavy atom. The van der Waals surface area contributed by atoms with Crippen LogP contribution in [0.4, 0.5) is 5.82 Å². The van der Waals surface area contributed by atoms with E-state index in [2.05, 4.69) is 58.2 Å². The van der Waals surface area contributed by atoms with Crippen LogP contribution in [-0.4, -0.2) is 41.7 Å². The second-order valence-corrected chi connectivity index (χ2v) is 6.57. The highest BCUT2D eigenvalue weighted by atomic mass is 16.3. The van der Waals surface area contributed by atoms with Gasteiger partial charge in [-0.2, -0.15) is 0 Å². The number of nitrogens with zero attached hydrogens (tertiary/aromatic N) is 3. The SMILES string of the molecule is CN(Cc1ccc(N2CCCC2)nc1)C(CCO)c1ccccc1. The zero-order valence-corrected chi connectivity index (χ0v) is 14.4. The van der Waals surface area contributed by atoms with Crippen molar-refractivity contribution in [1.29, 1.82) is 0 Å². The van der Waals surface area contributed by atoms with E-state index in [-0.39, 0.29) is 12.6 Å². The maximum Gasteiger partial charge on any atom is 0.128 e. The van der Waals surface area contributed by atoms with E-state index in [0.29, 0.717) is 0 Å². The maximum atomic E-state index is 9.43. The average molecular weight is 325 g/mol. The summed E-state index contributed by atoms with van der Waals surface area (Å²) in [7, 11) is 2.11. The largest absolute Gasteiger partial charge is 0.396 e. The van der Waals surface area contributed by atoms with Crippen molar-refractivity contribution in [3.63, 3.8) is 0 Å². The first kappa shape index (κ1) is 16.9. The van der Waals surface area contributed by atoms with Crippen LogP contribution < -0.4 is 4.90 Å². The molecule has 3 rings (SSSR count). The van der Waals surface area contributed by atoms with Gasteiger partial charge in [0.15, 0.2) is 0 Å². The van der Waals surface area contributed by atoms with Gasteiger partial charge < -0.3 is 10.0 Å². The van der Waals surface area contributed by atoms with Crippen molar-refractivity contribution >= 4 is 5.82 Å². The van der Waals surface area contributed by atoms with E-state index in [9.17, 15) is 5.11 Å². The Kier molecular flexibility index (Phi) is 5.83. The molecular weight excluding hydrogens is 298 g/mol. The van der Waals surface area contributed by atoms with Gasteiger partial charge in [-0.1, -0.05) is 36.4 Å². The first-order valence-electron chi connectivity index (χ1n) is 8.84. The van der Waals surface area contributed by atoms with Gasteiger partial charge in [-0.05, 0) is 43.5 Å². The van der Waals surface area contributed by atoms with Gasteiger partial charge >= 0.3 is 0 Å². The molecule has 0 amide bonds. The van der Waals surface area contributed by atoms with Gasteiger partial charge in [0.1, 0.15) is 5.82 Å². The van der Waals surface area contributed by atoms with Gasteiger partial charge in [-0.3, -0.25) is 4.90 Å². The first-order valence-corrected chi connectivity index (χ1v) is 8.84. The van der Waals surface area contributed by atoms with E-state index < -0.39 is 0 Å². The molecule has 1 aliphatic rings. The number of aliphatic hydroxyl groups excluding tert-OH is 1. The normalized spacial score (nSPS) is 15.9. The Hall–Kier alpha value is -1.91. The molecule has 1 atom stereocenters. The molecule has 0 radical (unpaired) electrons. The second-order valence-electron chi connectivity index (χ2n) is 6.57. The van der Waals surface area contributed by atoms with E-state index in [1.807, 2.05) is 12.3 Å². The molecule has 0 aliphatic carbocycles. The van der Waals surface area contributed by atoms with Crippen molar-refractivity contribution in [3.8, 4) is 0 Å². The summed E-state index contributed by atoms with van der Waals surface area (Å²) < 4.78 is 0. The van der Waals surface area contributed by atoms with Crippen molar-refractivity contribution in [2.75, 3.05) is 31.6 Å². The molecule has 0 bridgehead atoms. The first-order chi connectivity index (χ1) is 11.8. The van der Waals surface area contributed by atoms with Crippen LogP contribution in [0.25, 0.3) is 0 Å². The third-order valence-corrected chi connectivity index (χ3v) is 4.79. The number of anilines is 1. The van der Waals surface area contributed by atoms with E-state index in [1.54, 1.807) is 0 Å². The van der Waals surface area contributed by atoms with Gasteiger partial charge in [0, 0.05) is 38.5 Å². The summed E-state index contributed by atoms with van der Waals surface area (Å²) in [6, 6.07) is 14.9. The lowest BCUT2D eigenvalue weighted by Gasteiger charge is -2.28. The molecule has 4 nitrogen and oxygen atoms in total. The molecule has 1 aromatic heterocycles. The Labute approximate surface area is 144 Å². The molecule has 1 fully saturated rings. The Morgan fingerprint density at radius 3 is 2.50 bits per heavy atom. The fourth-order valence-electron chi connectivity index (χ4n) is 3.48. The third-order valence-electron chi connectivity index (χ3n) is 4.79. The smallest absolute Gasteiger partial charge is 0.128 e. The Bertz CT molecular complexity index is 609. The zero-order chi connectivity index (χ0) is 16.8. The second kappa shape index (κ2) is 8.27. The van der Waals surface area contributed by atoms with Crippen LogP contribution in [0.3, 0.4) is 0 Å². The molecule has 2 aromatic rings. The maximum absolute atomic E-state index is 9.43. The van der Waals surface area contributed by atoms with Crippen LogP contribution in [0.5, 0.6) is 0 Å². The molecule has 4 heteroatoms. The topological polar surface area (TPSA) is 39.6 Å². The molecule has 128 valence electrons. The molecule has 1 aromatic carbocycles. The van der Waals surface area contributed by atoms with E-state index >= 15 is 0 Å². The van der Waals surface area contributed by atoms with Crippen molar-refractivity contribution in [2.24, 2.45) is 0 Å². The van der Waals surface area contributed by atoms with Crippen LogP contribution in [0.1, 0.15) is 36.4 Å². The van der Waals surface area contributed by atoms with E-state index in [1.165, 1.54) is 24.0 Å². The minimum absolute atomic E-state index is 0.191. The summed E-state index contributed by atoms with van der Waals surface area (Å²) in [4.78, 5) is 9.28. The molecule has 1 saturated heterocycles. The predicted molar refractivity (Wildman–Crippen MR) is 98.0 cm³/mol. The van der Waals surface area contributed by atoms with Crippen molar-refractivity contribution in [1.82, 2.24) is 9.88 Å². The summed E-state index contributed by atoms with van der Waals surface area (Å²) in [6.45, 7) is 3.26. The molecule has 1 unspecified atom stereocenters. The minimum Gasteiger partial charge on any atom is -0.396 e. The minimum atomic E-state index is 0.191. The van der Waals surface area contributed by atoms with E-state index in [4.69, 9.17) is 0 Å². The summed E-state index contributed by atoms with van der Waals surface area (Å²) >= 11 is 0. The fourth-order valence-corrected chi connectivity index (χ4v) is 3.48. The highest BCUT2D eigenvalue weighted by molar-refractivity contribution is 5.40. The molecule has 0 saturated carbocycles. The third kappa shape index (κ3) is 4.13. The Balaban J connectivity index is 1.66. The standard InChI is InChI=1S/C20H27N3O/c1-22(19(11-14-24)18-7-3-2-4-8-18)16-17-9-10-20(21-15-17)23-12-5-6-13-23/h2-4,7-10,15,19,24H,5-6,11-14,16H2,1H3. The lowest BCUT2D eigenvalue weighted by atomic mass is 10.0. The van der Waals surface area contributed by atoms with Gasteiger partial charge in [0.2, 0.25) is 0 Å². The number of benzene rings is 1. The van der Waals surface area contributed by atoms with Gasteiger partial charge in [0.25, 0.3) is 0 Å². The number of hydrogen-bond acceptors (Lipinski definition) is 4. The van der Waals surface area contributed by atoms with Crippen LogP contribution >= 0.6 is 0 Å². The molecule has 0 spiro atoms. The van der Waals surface area contributed by atoms with Crippen molar-refractivity contribution in [3.05, 3.63) is 59.8 Å². The van der Waals surface area contributed by atoms with E-state index in [0.717, 1.165) is 31.9 Å². The number of hydrogen-bond donors (Lipinski definition) is 1. The van der Waals surface area contributed by atoms with Crippen molar-refractivity contribution in [2.45, 2.75) is 31.8 Å². The summed E-state index contributed by atoms with van der Waals surface area (Å²) in [5.74, 6) is 1.09. The highest BCUT2D eigenvalue weighted by Gasteiger charge is 2.17. The molecule has 24 heavy (non-hydrogen) atoms. The summed E-state index contributed by atoms with van der Waals surface area (Å²) in [5.41, 5.74) is 2.45. The summed E-state index contributed by atoms with van der Waals surface area (Å²) in [6.07, 6.45) is 5.27. The molecule has 1 aliphatic heterocycles. The van der Waals surface area contributed by atoms with Gasteiger partial charge in [0.05, 0.1) is 0 Å². The van der Waals surface area contributed by atoms with Gasteiger partial charge in [-0.25, -0.2) is 4.98 Å². The lowest BCUT2D eigenvalue weighted by Crippen LogP contribution is -2.25. The number of aliphatic hydroxyl groups is 1. The quantitative estimate of drug-likeness (QED) is 0.848. The van der Waals surface area contributed by atoms with Crippen LogP contribution in [0.2, 0.25) is 0 Å². The number of rotatable bonds is 7. The monoisotopic (exact) mass is 325 g/mol. The zero-order valence-electron chi connectivity index (χ0n) is 14.4. The highest BCUT2D eigenvalue weighted by Crippen LogP contribution is 2.25. The average Bonchev–Trinajstić information content (AvgIpc) is 3.15. The molecule has 1 N–H and O–H groups in total. The molecule has 2 heterocycles. The lowest BCUT2D eigenvalue weighted by molar-refractivity contribution is 0.180. The van der Waals surface area contributed by atoms with Crippen LogP contribution in [-0.2, 0) is 6.54 Å². The predicted octanol–water partition coefficient (Wildman–Crippen LogP) is 3.24. The van der Waals surface area contributed by atoms with Gasteiger partial charge in [-0.15, -0.1) is 0 Å². The number of pyridine rings is 1. The van der Waals surface area contributed by atoms with Crippen LogP contribution in [0, 0.1) is 0 Å². The van der Waals surface area contributed by atoms with Crippen LogP contribution in [0.15, 0.2) is 48.7 Å². The number of aromatic nitrogens is 1. The van der Waals surface area contributed by atoms with Crippen molar-refractivity contribution < 1.29 is 5.11 Å². The summed E-state index contributed by atoms with van der Waals surface area (Å²) in [5, 5.41) is 9.43.